The first-order chi connectivity index (χ1) is 11.1. The van der Waals surface area contributed by atoms with Gasteiger partial charge in [-0.2, -0.15) is 0 Å². The third kappa shape index (κ3) is 4.13. The lowest BCUT2D eigenvalue weighted by Gasteiger charge is -2.22. The van der Waals surface area contributed by atoms with Crippen molar-refractivity contribution in [3.8, 4) is 10.6 Å². The normalized spacial score (nSPS) is 17.9. The van der Waals surface area contributed by atoms with E-state index in [9.17, 15) is 4.79 Å². The highest BCUT2D eigenvalue weighted by molar-refractivity contribution is 7.18. The Morgan fingerprint density at radius 2 is 2.30 bits per heavy atom. The fourth-order valence-corrected chi connectivity index (χ4v) is 3.43. The zero-order chi connectivity index (χ0) is 16.2. The molecule has 1 amide bonds. The maximum absolute atomic E-state index is 12.1. The van der Waals surface area contributed by atoms with Crippen LogP contribution in [0.4, 0.5) is 5.13 Å². The van der Waals surface area contributed by atoms with Gasteiger partial charge < -0.3 is 15.4 Å². The van der Waals surface area contributed by atoms with Crippen molar-refractivity contribution < 1.29 is 9.53 Å². The van der Waals surface area contributed by atoms with E-state index in [1.807, 2.05) is 6.07 Å². The largest absolute Gasteiger partial charge is 0.378 e. The van der Waals surface area contributed by atoms with Gasteiger partial charge in [-0.25, -0.2) is 0 Å². The molecule has 2 N–H and O–H groups in total. The van der Waals surface area contributed by atoms with Gasteiger partial charge in [0, 0.05) is 24.6 Å². The molecule has 2 heterocycles. The summed E-state index contributed by atoms with van der Waals surface area (Å²) < 4.78 is 5.35. The highest BCUT2D eigenvalue weighted by Gasteiger charge is 2.18. The average Bonchev–Trinajstić information content (AvgIpc) is 2.96. The van der Waals surface area contributed by atoms with Crippen LogP contribution in [-0.4, -0.2) is 41.9 Å². The number of amides is 1. The fourth-order valence-electron chi connectivity index (χ4n) is 2.58. The third-order valence-corrected chi connectivity index (χ3v) is 4.59. The highest BCUT2D eigenvalue weighted by atomic mass is 32.1. The Bertz CT molecular complexity index is 695. The minimum atomic E-state index is -0.0728. The molecule has 1 aromatic carbocycles. The lowest BCUT2D eigenvalue weighted by molar-refractivity contribution is -0.117. The molecule has 1 aromatic heterocycles. The van der Waals surface area contributed by atoms with E-state index in [1.165, 1.54) is 16.9 Å². The van der Waals surface area contributed by atoms with Crippen molar-refractivity contribution in [1.82, 2.24) is 15.5 Å². The van der Waals surface area contributed by atoms with Gasteiger partial charge in [0.2, 0.25) is 11.0 Å². The highest BCUT2D eigenvalue weighted by Crippen LogP contribution is 2.29. The molecule has 6 nitrogen and oxygen atoms in total. The van der Waals surface area contributed by atoms with E-state index in [4.69, 9.17) is 4.74 Å². The topological polar surface area (TPSA) is 76.1 Å². The van der Waals surface area contributed by atoms with E-state index < -0.39 is 0 Å². The van der Waals surface area contributed by atoms with Crippen LogP contribution in [0.3, 0.4) is 0 Å². The minimum absolute atomic E-state index is 0.0653. The standard InChI is InChI=1S/C16H20N4O2S/c1-10-3-4-13(11(2)7-10)15-19-20-16(23-15)18-14(21)8-12-9-22-6-5-17-12/h3-4,7,12,17H,5-6,8-9H2,1-2H3,(H,18,20,21). The molecule has 1 saturated heterocycles. The number of rotatable bonds is 4. The Kier molecular flexibility index (Phi) is 5.00. The maximum atomic E-state index is 12.1. The Morgan fingerprint density at radius 1 is 1.43 bits per heavy atom. The molecule has 0 aliphatic carbocycles. The summed E-state index contributed by atoms with van der Waals surface area (Å²) in [5, 5.41) is 15.7. The molecule has 0 saturated carbocycles. The van der Waals surface area contributed by atoms with E-state index in [0.29, 0.717) is 24.8 Å². The van der Waals surface area contributed by atoms with Gasteiger partial charge in [-0.15, -0.1) is 10.2 Å². The molecule has 1 aliphatic rings. The predicted octanol–water partition coefficient (Wildman–Crippen LogP) is 2.14. The molecule has 1 fully saturated rings. The van der Waals surface area contributed by atoms with E-state index in [0.717, 1.165) is 22.7 Å². The number of aromatic nitrogens is 2. The number of benzene rings is 1. The number of hydrogen-bond acceptors (Lipinski definition) is 6. The molecule has 7 heteroatoms. The molecule has 122 valence electrons. The second-order valence-corrected chi connectivity index (χ2v) is 6.69. The number of nitrogens with one attached hydrogen (secondary N) is 2. The third-order valence-electron chi connectivity index (χ3n) is 3.71. The summed E-state index contributed by atoms with van der Waals surface area (Å²) in [4.78, 5) is 12.1. The summed E-state index contributed by atoms with van der Waals surface area (Å²) >= 11 is 1.39. The van der Waals surface area contributed by atoms with Crippen molar-refractivity contribution in [2.45, 2.75) is 26.3 Å². The number of aryl methyl sites for hydroxylation is 2. The Balaban J connectivity index is 1.63. The summed E-state index contributed by atoms with van der Waals surface area (Å²) in [5.74, 6) is -0.0728. The summed E-state index contributed by atoms with van der Waals surface area (Å²) in [6.45, 7) is 6.17. The molecule has 2 aromatic rings. The van der Waals surface area contributed by atoms with E-state index in [1.54, 1.807) is 0 Å². The monoisotopic (exact) mass is 332 g/mol. The van der Waals surface area contributed by atoms with Crippen molar-refractivity contribution in [1.29, 1.82) is 0 Å². The number of carbonyl (C=O) groups excluding carboxylic acids is 1. The first-order valence-electron chi connectivity index (χ1n) is 7.64. The van der Waals surface area contributed by atoms with E-state index in [-0.39, 0.29) is 11.9 Å². The van der Waals surface area contributed by atoms with Crippen LogP contribution in [0.1, 0.15) is 17.5 Å². The quantitative estimate of drug-likeness (QED) is 0.897. The fraction of sp³-hybridized carbons (Fsp3) is 0.438. The van der Waals surface area contributed by atoms with Crippen molar-refractivity contribution in [3.05, 3.63) is 29.3 Å². The first kappa shape index (κ1) is 16.0. The Labute approximate surface area is 139 Å². The Hall–Kier alpha value is -1.83. The van der Waals surface area contributed by atoms with E-state index in [2.05, 4.69) is 46.8 Å². The van der Waals surface area contributed by atoms with Crippen LogP contribution in [0.25, 0.3) is 10.6 Å². The summed E-state index contributed by atoms with van der Waals surface area (Å²) in [7, 11) is 0. The van der Waals surface area contributed by atoms with Crippen LogP contribution in [0.2, 0.25) is 0 Å². The molecule has 3 rings (SSSR count). The van der Waals surface area contributed by atoms with Gasteiger partial charge >= 0.3 is 0 Å². The molecular weight excluding hydrogens is 312 g/mol. The van der Waals surface area contributed by atoms with Crippen LogP contribution in [0.15, 0.2) is 18.2 Å². The maximum Gasteiger partial charge on any atom is 0.227 e. The van der Waals surface area contributed by atoms with Crippen molar-refractivity contribution in [3.63, 3.8) is 0 Å². The predicted molar refractivity (Wildman–Crippen MR) is 90.7 cm³/mol. The lowest BCUT2D eigenvalue weighted by Crippen LogP contribution is -2.43. The van der Waals surface area contributed by atoms with Crippen LogP contribution in [0, 0.1) is 13.8 Å². The smallest absolute Gasteiger partial charge is 0.227 e. The number of carbonyl (C=O) groups is 1. The van der Waals surface area contributed by atoms with Gasteiger partial charge in [-0.05, 0) is 19.4 Å². The van der Waals surface area contributed by atoms with Gasteiger partial charge in [-0.3, -0.25) is 4.79 Å². The number of ether oxygens (including phenoxy) is 1. The molecule has 23 heavy (non-hydrogen) atoms. The van der Waals surface area contributed by atoms with Crippen molar-refractivity contribution in [2.75, 3.05) is 25.1 Å². The minimum Gasteiger partial charge on any atom is -0.378 e. The van der Waals surface area contributed by atoms with Crippen LogP contribution >= 0.6 is 11.3 Å². The summed E-state index contributed by atoms with van der Waals surface area (Å²) in [6, 6.07) is 6.27. The number of morpholine rings is 1. The second-order valence-electron chi connectivity index (χ2n) is 5.71. The summed E-state index contributed by atoms with van der Waals surface area (Å²) in [6.07, 6.45) is 0.373. The zero-order valence-corrected chi connectivity index (χ0v) is 14.1. The lowest BCUT2D eigenvalue weighted by atomic mass is 10.1. The van der Waals surface area contributed by atoms with Gasteiger partial charge in [0.15, 0.2) is 0 Å². The molecule has 1 unspecified atom stereocenters. The van der Waals surface area contributed by atoms with Gasteiger partial charge in [0.1, 0.15) is 5.01 Å². The van der Waals surface area contributed by atoms with Crippen LogP contribution in [0.5, 0.6) is 0 Å². The van der Waals surface area contributed by atoms with Gasteiger partial charge in [-0.1, -0.05) is 35.1 Å². The number of nitrogens with zero attached hydrogens (tertiary/aromatic N) is 2. The number of hydrogen-bond donors (Lipinski definition) is 2. The van der Waals surface area contributed by atoms with Gasteiger partial charge in [0.25, 0.3) is 0 Å². The Morgan fingerprint density at radius 3 is 3.04 bits per heavy atom. The number of anilines is 1. The van der Waals surface area contributed by atoms with E-state index >= 15 is 0 Å². The molecular formula is C16H20N4O2S. The first-order valence-corrected chi connectivity index (χ1v) is 8.45. The summed E-state index contributed by atoms with van der Waals surface area (Å²) in [5.41, 5.74) is 3.42. The van der Waals surface area contributed by atoms with Crippen molar-refractivity contribution in [2.24, 2.45) is 0 Å². The van der Waals surface area contributed by atoms with Crippen LogP contribution in [-0.2, 0) is 9.53 Å². The van der Waals surface area contributed by atoms with Crippen LogP contribution < -0.4 is 10.6 Å². The van der Waals surface area contributed by atoms with Crippen molar-refractivity contribution >= 4 is 22.4 Å². The average molecular weight is 332 g/mol. The molecule has 0 bridgehead atoms. The molecule has 0 spiro atoms. The molecule has 1 aliphatic heterocycles. The molecule has 0 radical (unpaired) electrons. The second kappa shape index (κ2) is 7.16. The molecule has 1 atom stereocenters. The zero-order valence-electron chi connectivity index (χ0n) is 13.3. The SMILES string of the molecule is Cc1ccc(-c2nnc(NC(=O)CC3COCCN3)s2)c(C)c1. The van der Waals surface area contributed by atoms with Gasteiger partial charge in [0.05, 0.1) is 13.2 Å².